The molecule has 1 aliphatic rings. The molecule has 0 aromatic heterocycles. The Hall–Kier alpha value is -0.670. The number of hydrogen-bond donors (Lipinski definition) is 0. The fourth-order valence-corrected chi connectivity index (χ4v) is 1.34. The van der Waals surface area contributed by atoms with E-state index in [1.54, 1.807) is 13.8 Å². The summed E-state index contributed by atoms with van der Waals surface area (Å²) >= 11 is 0. The van der Waals surface area contributed by atoms with Gasteiger partial charge < -0.3 is 9.47 Å². The number of carbonyl (C=O) groups excluding carboxylic acids is 1. The van der Waals surface area contributed by atoms with Crippen LogP contribution in [0.25, 0.3) is 0 Å². The third kappa shape index (κ3) is 1.73. The van der Waals surface area contributed by atoms with Gasteiger partial charge in [-0.05, 0) is 26.8 Å². The average Bonchev–Trinajstić information content (AvgIpc) is 2.23. The number of hydrogen-bond acceptors (Lipinski definition) is 3. The molecule has 1 rings (SSSR count). The van der Waals surface area contributed by atoms with Gasteiger partial charge in [-0.25, -0.2) is 0 Å². The van der Waals surface area contributed by atoms with Crippen molar-refractivity contribution >= 4 is 5.78 Å². The van der Waals surface area contributed by atoms with Crippen molar-refractivity contribution in [1.82, 2.24) is 0 Å². The molecule has 1 saturated heterocycles. The lowest BCUT2D eigenvalue weighted by atomic mass is 10.1. The predicted octanol–water partition coefficient (Wildman–Crippen LogP) is 1.28. The van der Waals surface area contributed by atoms with Gasteiger partial charge in [0.2, 0.25) is 0 Å². The van der Waals surface area contributed by atoms with Crippen LogP contribution in [-0.2, 0) is 14.3 Å². The topological polar surface area (TPSA) is 35.5 Å². The highest BCUT2D eigenvalue weighted by molar-refractivity contribution is 5.93. The van der Waals surface area contributed by atoms with Crippen molar-refractivity contribution in [1.29, 1.82) is 0 Å². The van der Waals surface area contributed by atoms with Crippen LogP contribution in [0.15, 0.2) is 12.7 Å². The molecule has 3 nitrogen and oxygen atoms in total. The lowest BCUT2D eigenvalue weighted by Gasteiger charge is -2.15. The van der Waals surface area contributed by atoms with Crippen LogP contribution >= 0.6 is 0 Å². The molecule has 0 N–H and O–H groups in total. The maximum atomic E-state index is 11.2. The zero-order valence-electron chi connectivity index (χ0n) is 7.66. The molecule has 0 radical (unpaired) electrons. The molecule has 12 heavy (non-hydrogen) atoms. The second kappa shape index (κ2) is 2.99. The maximum Gasteiger partial charge on any atom is 0.186 e. The zero-order valence-corrected chi connectivity index (χ0v) is 7.66. The fourth-order valence-electron chi connectivity index (χ4n) is 1.34. The maximum absolute atomic E-state index is 11.2. The van der Waals surface area contributed by atoms with E-state index in [2.05, 4.69) is 6.58 Å². The molecule has 0 aliphatic carbocycles. The lowest BCUT2D eigenvalue weighted by Crippen LogP contribution is -2.28. The molecule has 0 aromatic carbocycles. The van der Waals surface area contributed by atoms with E-state index >= 15 is 0 Å². The van der Waals surface area contributed by atoms with Gasteiger partial charge >= 0.3 is 0 Å². The Morgan fingerprint density at radius 2 is 2.08 bits per heavy atom. The second-order valence-corrected chi connectivity index (χ2v) is 3.37. The highest BCUT2D eigenvalue weighted by Crippen LogP contribution is 2.28. The van der Waals surface area contributed by atoms with E-state index in [0.29, 0.717) is 0 Å². The molecule has 0 bridgehead atoms. The normalized spacial score (nSPS) is 33.2. The van der Waals surface area contributed by atoms with Gasteiger partial charge in [-0.15, -0.1) is 0 Å². The van der Waals surface area contributed by atoms with Crippen LogP contribution < -0.4 is 0 Å². The van der Waals surface area contributed by atoms with Crippen molar-refractivity contribution in [3.05, 3.63) is 12.7 Å². The Kier molecular flexibility index (Phi) is 2.35. The van der Waals surface area contributed by atoms with Crippen LogP contribution in [-0.4, -0.2) is 23.8 Å². The summed E-state index contributed by atoms with van der Waals surface area (Å²) in [5.74, 6) is -0.768. The summed E-state index contributed by atoms with van der Waals surface area (Å²) in [6.07, 6.45) is 0.592. The van der Waals surface area contributed by atoms with Crippen molar-refractivity contribution in [3.63, 3.8) is 0 Å². The van der Waals surface area contributed by atoms with E-state index < -0.39 is 11.9 Å². The van der Waals surface area contributed by atoms with Crippen LogP contribution in [0.1, 0.15) is 20.8 Å². The van der Waals surface area contributed by atoms with E-state index in [4.69, 9.17) is 9.47 Å². The molecular weight excluding hydrogens is 156 g/mol. The van der Waals surface area contributed by atoms with Crippen molar-refractivity contribution in [2.75, 3.05) is 0 Å². The summed E-state index contributed by atoms with van der Waals surface area (Å²) in [6.45, 7) is 8.81. The van der Waals surface area contributed by atoms with Gasteiger partial charge in [-0.3, -0.25) is 4.79 Å². The van der Waals surface area contributed by atoms with Gasteiger partial charge in [0, 0.05) is 0 Å². The Morgan fingerprint density at radius 3 is 2.42 bits per heavy atom. The zero-order chi connectivity index (χ0) is 9.35. The van der Waals surface area contributed by atoms with Crippen molar-refractivity contribution < 1.29 is 14.3 Å². The van der Waals surface area contributed by atoms with E-state index in [0.717, 1.165) is 0 Å². The molecule has 0 saturated carbocycles. The molecular formula is C9H14O3. The van der Waals surface area contributed by atoms with Crippen LogP contribution in [0.4, 0.5) is 0 Å². The van der Waals surface area contributed by atoms with Crippen LogP contribution in [0.3, 0.4) is 0 Å². The first-order chi connectivity index (χ1) is 5.46. The SMILES string of the molecule is C=CC(=O)C1OC(C)(C)OC1C. The molecule has 2 unspecified atom stereocenters. The number of carbonyl (C=O) groups is 1. The van der Waals surface area contributed by atoms with Crippen molar-refractivity contribution in [3.8, 4) is 0 Å². The summed E-state index contributed by atoms with van der Waals surface area (Å²) in [5.41, 5.74) is 0. The van der Waals surface area contributed by atoms with Crippen LogP contribution in [0.5, 0.6) is 0 Å². The Labute approximate surface area is 72.4 Å². The number of rotatable bonds is 2. The monoisotopic (exact) mass is 170 g/mol. The minimum atomic E-state index is -0.650. The first kappa shape index (κ1) is 9.42. The fraction of sp³-hybridized carbons (Fsp3) is 0.667. The third-order valence-corrected chi connectivity index (χ3v) is 1.79. The minimum Gasteiger partial charge on any atom is -0.344 e. The first-order valence-electron chi connectivity index (χ1n) is 3.98. The largest absolute Gasteiger partial charge is 0.344 e. The van der Waals surface area contributed by atoms with Crippen molar-refractivity contribution in [2.45, 2.75) is 38.8 Å². The van der Waals surface area contributed by atoms with E-state index in [-0.39, 0.29) is 11.9 Å². The van der Waals surface area contributed by atoms with E-state index in [1.165, 1.54) is 6.08 Å². The average molecular weight is 170 g/mol. The van der Waals surface area contributed by atoms with Crippen LogP contribution in [0, 0.1) is 0 Å². The summed E-state index contributed by atoms with van der Waals surface area (Å²) in [6, 6.07) is 0. The molecule has 0 aromatic rings. The van der Waals surface area contributed by atoms with E-state index in [1.807, 2.05) is 6.92 Å². The summed E-state index contributed by atoms with van der Waals surface area (Å²) in [4.78, 5) is 11.2. The molecule has 68 valence electrons. The van der Waals surface area contributed by atoms with Gasteiger partial charge in [-0.2, -0.15) is 0 Å². The van der Waals surface area contributed by atoms with Gasteiger partial charge in [0.25, 0.3) is 0 Å². The highest BCUT2D eigenvalue weighted by Gasteiger charge is 2.41. The quantitative estimate of drug-likeness (QED) is 0.586. The second-order valence-electron chi connectivity index (χ2n) is 3.37. The summed E-state index contributed by atoms with van der Waals surface area (Å²) < 4.78 is 10.8. The third-order valence-electron chi connectivity index (χ3n) is 1.79. The molecule has 0 spiro atoms. The lowest BCUT2D eigenvalue weighted by molar-refractivity contribution is -0.152. The van der Waals surface area contributed by atoms with Gasteiger partial charge in [-0.1, -0.05) is 6.58 Å². The number of ether oxygens (including phenoxy) is 2. The molecule has 1 fully saturated rings. The number of ketones is 1. The van der Waals surface area contributed by atoms with Gasteiger partial charge in [0.15, 0.2) is 11.6 Å². The van der Waals surface area contributed by atoms with Gasteiger partial charge in [0.05, 0.1) is 6.10 Å². The highest BCUT2D eigenvalue weighted by atomic mass is 16.8. The molecule has 3 heteroatoms. The standard InChI is InChI=1S/C9H14O3/c1-5-7(10)8-6(2)11-9(3,4)12-8/h5-6,8H,1H2,2-4H3. The molecule has 1 heterocycles. The van der Waals surface area contributed by atoms with Gasteiger partial charge in [0.1, 0.15) is 6.10 Å². The minimum absolute atomic E-state index is 0.118. The Morgan fingerprint density at radius 1 is 1.50 bits per heavy atom. The van der Waals surface area contributed by atoms with Crippen molar-refractivity contribution in [2.24, 2.45) is 0 Å². The summed E-state index contributed by atoms with van der Waals surface area (Å²) in [5, 5.41) is 0. The Bertz CT molecular complexity index is 208. The summed E-state index contributed by atoms with van der Waals surface area (Å²) in [7, 11) is 0. The molecule has 1 aliphatic heterocycles. The van der Waals surface area contributed by atoms with E-state index in [9.17, 15) is 4.79 Å². The first-order valence-corrected chi connectivity index (χ1v) is 3.98. The van der Waals surface area contributed by atoms with Crippen LogP contribution in [0.2, 0.25) is 0 Å². The molecule has 2 atom stereocenters. The smallest absolute Gasteiger partial charge is 0.186 e. The predicted molar refractivity (Wildman–Crippen MR) is 44.7 cm³/mol. The Balaban J connectivity index is 2.70. The molecule has 0 amide bonds.